The zero-order valence-electron chi connectivity index (χ0n) is 11.5. The number of hydrogen-bond donors (Lipinski definition) is 1. The highest BCUT2D eigenvalue weighted by molar-refractivity contribution is 4.96. The van der Waals surface area contributed by atoms with Gasteiger partial charge in [-0.2, -0.15) is 0 Å². The molecule has 3 fully saturated rings. The van der Waals surface area contributed by atoms with Crippen LogP contribution in [0.1, 0.15) is 46.0 Å². The molecule has 2 aliphatic carbocycles. The topological polar surface area (TPSA) is 15.3 Å². The van der Waals surface area contributed by atoms with Crippen molar-refractivity contribution in [1.29, 1.82) is 0 Å². The van der Waals surface area contributed by atoms with Gasteiger partial charge in [-0.05, 0) is 43.4 Å². The number of piperazine rings is 1. The van der Waals surface area contributed by atoms with E-state index in [9.17, 15) is 0 Å². The molecule has 0 radical (unpaired) electrons. The third-order valence-corrected chi connectivity index (χ3v) is 5.17. The van der Waals surface area contributed by atoms with Crippen LogP contribution in [0.2, 0.25) is 0 Å². The summed E-state index contributed by atoms with van der Waals surface area (Å²) in [7, 11) is 0. The molecule has 0 aromatic heterocycles. The van der Waals surface area contributed by atoms with Crippen LogP contribution in [0.4, 0.5) is 0 Å². The van der Waals surface area contributed by atoms with E-state index < -0.39 is 0 Å². The number of nitrogens with one attached hydrogen (secondary N) is 1. The third kappa shape index (κ3) is 2.68. The zero-order valence-corrected chi connectivity index (χ0v) is 11.5. The van der Waals surface area contributed by atoms with Crippen molar-refractivity contribution in [3.63, 3.8) is 0 Å². The Balaban J connectivity index is 1.59. The summed E-state index contributed by atoms with van der Waals surface area (Å²) in [5.41, 5.74) is 0. The number of rotatable bonds is 4. The van der Waals surface area contributed by atoms with Gasteiger partial charge in [-0.3, -0.25) is 4.90 Å². The second-order valence-corrected chi connectivity index (χ2v) is 6.91. The Hall–Kier alpha value is -0.0800. The first-order valence-corrected chi connectivity index (χ1v) is 7.71. The minimum absolute atomic E-state index is 0.783. The van der Waals surface area contributed by atoms with Crippen LogP contribution < -0.4 is 5.32 Å². The van der Waals surface area contributed by atoms with Gasteiger partial charge in [0.05, 0.1) is 0 Å². The largest absolute Gasteiger partial charge is 0.311 e. The van der Waals surface area contributed by atoms with E-state index in [0.717, 1.165) is 29.8 Å². The molecular formula is C15H28N2. The van der Waals surface area contributed by atoms with Crippen LogP contribution in [0.25, 0.3) is 0 Å². The molecule has 2 unspecified atom stereocenters. The van der Waals surface area contributed by atoms with E-state index in [1.807, 2.05) is 0 Å². The Bertz CT molecular complexity index is 256. The summed E-state index contributed by atoms with van der Waals surface area (Å²) in [4.78, 5) is 2.83. The molecule has 17 heavy (non-hydrogen) atoms. The van der Waals surface area contributed by atoms with Crippen LogP contribution in [-0.2, 0) is 0 Å². The predicted octanol–water partition coefficient (Wildman–Crippen LogP) is 2.49. The van der Waals surface area contributed by atoms with Crippen LogP contribution in [0.3, 0.4) is 0 Å². The van der Waals surface area contributed by atoms with Gasteiger partial charge in [-0.1, -0.05) is 20.3 Å². The van der Waals surface area contributed by atoms with Gasteiger partial charge in [0, 0.05) is 31.7 Å². The maximum absolute atomic E-state index is 3.81. The summed E-state index contributed by atoms with van der Waals surface area (Å²) in [5.74, 6) is 2.82. The normalized spacial score (nSPS) is 36.2. The minimum atomic E-state index is 0.783. The van der Waals surface area contributed by atoms with E-state index >= 15 is 0 Å². The number of nitrogens with zero attached hydrogens (tertiary/aromatic N) is 1. The highest BCUT2D eigenvalue weighted by atomic mass is 15.2. The highest BCUT2D eigenvalue weighted by Gasteiger charge is 2.38. The van der Waals surface area contributed by atoms with Gasteiger partial charge < -0.3 is 5.32 Å². The maximum Gasteiger partial charge on any atom is 0.0244 e. The fraction of sp³-hybridized carbons (Fsp3) is 1.00. The molecule has 2 saturated carbocycles. The van der Waals surface area contributed by atoms with Gasteiger partial charge in [0.25, 0.3) is 0 Å². The van der Waals surface area contributed by atoms with Gasteiger partial charge in [-0.25, -0.2) is 0 Å². The highest BCUT2D eigenvalue weighted by Crippen LogP contribution is 2.36. The molecular weight excluding hydrogens is 208 g/mol. The first kappa shape index (κ1) is 12.0. The lowest BCUT2D eigenvalue weighted by Crippen LogP contribution is -2.60. The molecule has 3 aliphatic rings. The summed E-state index contributed by atoms with van der Waals surface area (Å²) < 4.78 is 0. The van der Waals surface area contributed by atoms with Crippen molar-refractivity contribution >= 4 is 0 Å². The molecule has 2 heteroatoms. The van der Waals surface area contributed by atoms with Crippen molar-refractivity contribution in [2.24, 2.45) is 17.8 Å². The Morgan fingerprint density at radius 3 is 2.47 bits per heavy atom. The molecule has 0 aromatic carbocycles. The third-order valence-electron chi connectivity index (χ3n) is 5.17. The van der Waals surface area contributed by atoms with Gasteiger partial charge >= 0.3 is 0 Å². The predicted molar refractivity (Wildman–Crippen MR) is 72.1 cm³/mol. The lowest BCUT2D eigenvalue weighted by molar-refractivity contribution is 0.0607. The Kier molecular flexibility index (Phi) is 3.45. The van der Waals surface area contributed by atoms with Crippen molar-refractivity contribution < 1.29 is 0 Å². The monoisotopic (exact) mass is 236 g/mol. The van der Waals surface area contributed by atoms with Crippen LogP contribution in [0, 0.1) is 17.8 Å². The molecule has 0 amide bonds. The number of hydrogen-bond acceptors (Lipinski definition) is 2. The lowest BCUT2D eigenvalue weighted by Gasteiger charge is -2.45. The fourth-order valence-electron chi connectivity index (χ4n) is 3.54. The average Bonchev–Trinajstić information content (AvgIpc) is 3.06. The maximum atomic E-state index is 3.81. The Morgan fingerprint density at radius 1 is 1.18 bits per heavy atom. The molecule has 1 heterocycles. The molecule has 1 N–H and O–H groups in total. The lowest BCUT2D eigenvalue weighted by atomic mass is 9.84. The zero-order chi connectivity index (χ0) is 11.8. The summed E-state index contributed by atoms with van der Waals surface area (Å²) in [5, 5.41) is 3.81. The fourth-order valence-corrected chi connectivity index (χ4v) is 3.54. The first-order chi connectivity index (χ1) is 8.24. The summed E-state index contributed by atoms with van der Waals surface area (Å²) in [6, 6.07) is 1.59. The van der Waals surface area contributed by atoms with Crippen LogP contribution in [0.5, 0.6) is 0 Å². The van der Waals surface area contributed by atoms with Crippen molar-refractivity contribution in [3.8, 4) is 0 Å². The molecule has 1 aliphatic heterocycles. The van der Waals surface area contributed by atoms with Gasteiger partial charge in [0.2, 0.25) is 0 Å². The Morgan fingerprint density at radius 2 is 1.94 bits per heavy atom. The summed E-state index contributed by atoms with van der Waals surface area (Å²) in [6.45, 7) is 8.71. The quantitative estimate of drug-likeness (QED) is 0.807. The second kappa shape index (κ2) is 4.89. The molecule has 3 rings (SSSR count). The van der Waals surface area contributed by atoms with E-state index in [-0.39, 0.29) is 0 Å². The van der Waals surface area contributed by atoms with E-state index in [1.54, 1.807) is 0 Å². The molecule has 0 bridgehead atoms. The molecule has 1 saturated heterocycles. The van der Waals surface area contributed by atoms with E-state index in [1.165, 1.54) is 51.7 Å². The second-order valence-electron chi connectivity index (χ2n) is 6.91. The standard InChI is InChI=1S/C15H28N2/c1-11(2)15-8-16-14(13-6-7-13)10-17(15)9-12-4-3-5-12/h11-16H,3-10H2,1-2H3. The van der Waals surface area contributed by atoms with Gasteiger partial charge in [0.1, 0.15) is 0 Å². The Labute approximate surface area is 106 Å². The molecule has 2 nitrogen and oxygen atoms in total. The average molecular weight is 236 g/mol. The van der Waals surface area contributed by atoms with Crippen molar-refractivity contribution in [1.82, 2.24) is 10.2 Å². The molecule has 0 aromatic rings. The smallest absolute Gasteiger partial charge is 0.0244 e. The van der Waals surface area contributed by atoms with Crippen LogP contribution in [0.15, 0.2) is 0 Å². The van der Waals surface area contributed by atoms with Crippen molar-refractivity contribution in [2.45, 2.75) is 58.0 Å². The van der Waals surface area contributed by atoms with E-state index in [4.69, 9.17) is 0 Å². The SMILES string of the molecule is CC(C)C1CNC(C2CC2)CN1CC1CCC1. The first-order valence-electron chi connectivity index (χ1n) is 7.71. The van der Waals surface area contributed by atoms with Gasteiger partial charge in [-0.15, -0.1) is 0 Å². The molecule has 98 valence electrons. The molecule has 0 spiro atoms. The van der Waals surface area contributed by atoms with E-state index in [0.29, 0.717) is 0 Å². The minimum Gasteiger partial charge on any atom is -0.311 e. The van der Waals surface area contributed by atoms with Crippen molar-refractivity contribution in [3.05, 3.63) is 0 Å². The summed E-state index contributed by atoms with van der Waals surface area (Å²) in [6.07, 6.45) is 7.41. The van der Waals surface area contributed by atoms with Crippen LogP contribution in [-0.4, -0.2) is 36.6 Å². The summed E-state index contributed by atoms with van der Waals surface area (Å²) >= 11 is 0. The van der Waals surface area contributed by atoms with Crippen LogP contribution >= 0.6 is 0 Å². The van der Waals surface area contributed by atoms with E-state index in [2.05, 4.69) is 24.1 Å². The van der Waals surface area contributed by atoms with Gasteiger partial charge in [0.15, 0.2) is 0 Å². The van der Waals surface area contributed by atoms with Crippen molar-refractivity contribution in [2.75, 3.05) is 19.6 Å². The molecule has 2 atom stereocenters.